The Bertz CT molecular complexity index is 378. The van der Waals surface area contributed by atoms with Crippen molar-refractivity contribution < 1.29 is 9.53 Å². The van der Waals surface area contributed by atoms with Crippen molar-refractivity contribution in [3.63, 3.8) is 0 Å². The highest BCUT2D eigenvalue weighted by atomic mass is 79.9. The lowest BCUT2D eigenvalue weighted by molar-refractivity contribution is -0.131. The smallest absolute Gasteiger partial charge is 0.222 e. The molecule has 1 rings (SSSR count). The third kappa shape index (κ3) is 5.08. The summed E-state index contributed by atoms with van der Waals surface area (Å²) in [5.41, 5.74) is 0. The second-order valence-corrected chi connectivity index (χ2v) is 4.89. The number of amides is 1. The van der Waals surface area contributed by atoms with Crippen molar-refractivity contribution in [3.05, 3.63) is 28.7 Å². The van der Waals surface area contributed by atoms with E-state index in [0.717, 1.165) is 29.7 Å². The average Bonchev–Trinajstić information content (AvgIpc) is 2.36. The number of hydrogen-bond donors (Lipinski definition) is 0. The van der Waals surface area contributed by atoms with Gasteiger partial charge >= 0.3 is 0 Å². The summed E-state index contributed by atoms with van der Waals surface area (Å²) in [5, 5.41) is 0. The normalized spacial score (nSPS) is 10.2. The molecule has 0 saturated heterocycles. The lowest BCUT2D eigenvalue weighted by atomic mass is 10.3. The standard InChI is InChI=1S/C14H20BrNO2/c1-3-16(4-2)14(17)9-6-10-18-13-8-5-7-12(15)11-13/h5,7-8,11H,3-4,6,9-10H2,1-2H3. The van der Waals surface area contributed by atoms with Gasteiger partial charge in [-0.05, 0) is 38.5 Å². The van der Waals surface area contributed by atoms with Gasteiger partial charge in [-0.25, -0.2) is 0 Å². The first-order chi connectivity index (χ1) is 8.67. The van der Waals surface area contributed by atoms with Crippen molar-refractivity contribution in [2.75, 3.05) is 19.7 Å². The minimum atomic E-state index is 0.206. The summed E-state index contributed by atoms with van der Waals surface area (Å²) in [6.45, 7) is 6.13. The zero-order chi connectivity index (χ0) is 13.4. The second kappa shape index (κ2) is 8.14. The third-order valence-electron chi connectivity index (χ3n) is 2.72. The molecule has 1 aromatic rings. The van der Waals surface area contributed by atoms with Crippen molar-refractivity contribution in [1.82, 2.24) is 4.90 Å². The van der Waals surface area contributed by atoms with Crippen molar-refractivity contribution in [1.29, 1.82) is 0 Å². The van der Waals surface area contributed by atoms with Gasteiger partial charge in [-0.3, -0.25) is 4.79 Å². The molecule has 1 aromatic carbocycles. The van der Waals surface area contributed by atoms with Gasteiger partial charge in [0.25, 0.3) is 0 Å². The maximum absolute atomic E-state index is 11.7. The van der Waals surface area contributed by atoms with E-state index in [1.165, 1.54) is 0 Å². The van der Waals surface area contributed by atoms with Gasteiger partial charge in [0.2, 0.25) is 5.91 Å². The van der Waals surface area contributed by atoms with Crippen LogP contribution in [-0.4, -0.2) is 30.5 Å². The summed E-state index contributed by atoms with van der Waals surface area (Å²) in [6.07, 6.45) is 1.30. The third-order valence-corrected chi connectivity index (χ3v) is 3.21. The van der Waals surface area contributed by atoms with Crippen LogP contribution in [0.25, 0.3) is 0 Å². The van der Waals surface area contributed by atoms with Crippen molar-refractivity contribution in [3.8, 4) is 5.75 Å². The molecule has 1 amide bonds. The average molecular weight is 314 g/mol. The van der Waals surface area contributed by atoms with Crippen LogP contribution in [-0.2, 0) is 4.79 Å². The minimum Gasteiger partial charge on any atom is -0.494 e. The summed E-state index contributed by atoms with van der Waals surface area (Å²) in [7, 11) is 0. The van der Waals surface area contributed by atoms with E-state index in [1.807, 2.05) is 43.0 Å². The lowest BCUT2D eigenvalue weighted by Gasteiger charge is -2.18. The second-order valence-electron chi connectivity index (χ2n) is 3.98. The topological polar surface area (TPSA) is 29.5 Å². The number of benzene rings is 1. The quantitative estimate of drug-likeness (QED) is 0.721. The SMILES string of the molecule is CCN(CC)C(=O)CCCOc1cccc(Br)c1. The molecule has 0 radical (unpaired) electrons. The van der Waals surface area contributed by atoms with Crippen LogP contribution in [0.2, 0.25) is 0 Å². The first kappa shape index (κ1) is 15.0. The number of rotatable bonds is 7. The van der Waals surface area contributed by atoms with Crippen LogP contribution < -0.4 is 4.74 Å². The summed E-state index contributed by atoms with van der Waals surface area (Å²) < 4.78 is 6.58. The molecule has 18 heavy (non-hydrogen) atoms. The fraction of sp³-hybridized carbons (Fsp3) is 0.500. The van der Waals surface area contributed by atoms with E-state index in [9.17, 15) is 4.79 Å². The molecule has 0 saturated carbocycles. The Balaban J connectivity index is 2.24. The zero-order valence-corrected chi connectivity index (χ0v) is 12.6. The Hall–Kier alpha value is -1.03. The van der Waals surface area contributed by atoms with Gasteiger partial charge in [-0.15, -0.1) is 0 Å². The molecule has 0 fully saturated rings. The van der Waals surface area contributed by atoms with Crippen molar-refractivity contribution >= 4 is 21.8 Å². The highest BCUT2D eigenvalue weighted by Gasteiger charge is 2.08. The van der Waals surface area contributed by atoms with Gasteiger partial charge in [-0.2, -0.15) is 0 Å². The highest BCUT2D eigenvalue weighted by molar-refractivity contribution is 9.10. The molecular weight excluding hydrogens is 294 g/mol. The van der Waals surface area contributed by atoms with Crippen LogP contribution in [0.4, 0.5) is 0 Å². The van der Waals surface area contributed by atoms with Gasteiger partial charge in [0.15, 0.2) is 0 Å². The molecule has 0 spiro atoms. The lowest BCUT2D eigenvalue weighted by Crippen LogP contribution is -2.30. The molecule has 0 unspecified atom stereocenters. The van der Waals surface area contributed by atoms with Gasteiger partial charge in [-0.1, -0.05) is 22.0 Å². The van der Waals surface area contributed by atoms with Crippen LogP contribution in [0.5, 0.6) is 5.75 Å². The Morgan fingerprint density at radius 2 is 2.06 bits per heavy atom. The van der Waals surface area contributed by atoms with Crippen LogP contribution in [0.15, 0.2) is 28.7 Å². The molecule has 0 atom stereocenters. The van der Waals surface area contributed by atoms with Gasteiger partial charge < -0.3 is 9.64 Å². The molecule has 100 valence electrons. The Kier molecular flexibility index (Phi) is 6.80. The van der Waals surface area contributed by atoms with E-state index in [4.69, 9.17) is 4.74 Å². The number of halogens is 1. The maximum Gasteiger partial charge on any atom is 0.222 e. The molecule has 0 aliphatic carbocycles. The molecule has 3 nitrogen and oxygen atoms in total. The van der Waals surface area contributed by atoms with E-state index in [0.29, 0.717) is 13.0 Å². The zero-order valence-electron chi connectivity index (χ0n) is 11.0. The highest BCUT2D eigenvalue weighted by Crippen LogP contribution is 2.17. The number of carbonyl (C=O) groups excluding carboxylic acids is 1. The summed E-state index contributed by atoms with van der Waals surface area (Å²) in [6, 6.07) is 7.72. The molecule has 0 aliphatic rings. The Morgan fingerprint density at radius 3 is 2.67 bits per heavy atom. The molecule has 0 aromatic heterocycles. The van der Waals surface area contributed by atoms with E-state index in [2.05, 4.69) is 15.9 Å². The van der Waals surface area contributed by atoms with Crippen LogP contribution in [0.1, 0.15) is 26.7 Å². The molecule has 0 aliphatic heterocycles. The van der Waals surface area contributed by atoms with Gasteiger partial charge in [0, 0.05) is 24.0 Å². The maximum atomic E-state index is 11.7. The predicted molar refractivity (Wildman–Crippen MR) is 76.8 cm³/mol. The van der Waals surface area contributed by atoms with Crippen LogP contribution in [0.3, 0.4) is 0 Å². The van der Waals surface area contributed by atoms with E-state index >= 15 is 0 Å². The van der Waals surface area contributed by atoms with Gasteiger partial charge in [0.05, 0.1) is 6.61 Å². The Labute approximate surface area is 117 Å². The van der Waals surface area contributed by atoms with Crippen molar-refractivity contribution in [2.45, 2.75) is 26.7 Å². The molecular formula is C14H20BrNO2. The van der Waals surface area contributed by atoms with E-state index in [1.54, 1.807) is 0 Å². The first-order valence-electron chi connectivity index (χ1n) is 6.33. The van der Waals surface area contributed by atoms with Gasteiger partial charge in [0.1, 0.15) is 5.75 Å². The molecule has 0 N–H and O–H groups in total. The van der Waals surface area contributed by atoms with Crippen molar-refractivity contribution in [2.24, 2.45) is 0 Å². The summed E-state index contributed by atoms with van der Waals surface area (Å²) in [5.74, 6) is 1.04. The predicted octanol–water partition coefficient (Wildman–Crippen LogP) is 3.48. The molecule has 0 bridgehead atoms. The molecule has 0 heterocycles. The fourth-order valence-electron chi connectivity index (χ4n) is 1.70. The monoisotopic (exact) mass is 313 g/mol. The summed E-state index contributed by atoms with van der Waals surface area (Å²) >= 11 is 3.39. The fourth-order valence-corrected chi connectivity index (χ4v) is 2.08. The summed E-state index contributed by atoms with van der Waals surface area (Å²) in [4.78, 5) is 13.6. The largest absolute Gasteiger partial charge is 0.494 e. The molecule has 4 heteroatoms. The number of hydrogen-bond acceptors (Lipinski definition) is 2. The number of ether oxygens (including phenoxy) is 1. The van der Waals surface area contributed by atoms with E-state index in [-0.39, 0.29) is 5.91 Å². The Morgan fingerprint density at radius 1 is 1.33 bits per heavy atom. The minimum absolute atomic E-state index is 0.206. The first-order valence-corrected chi connectivity index (χ1v) is 7.12. The number of carbonyl (C=O) groups is 1. The van der Waals surface area contributed by atoms with Crippen LogP contribution in [0, 0.1) is 0 Å². The van der Waals surface area contributed by atoms with E-state index < -0.39 is 0 Å². The number of nitrogens with zero attached hydrogens (tertiary/aromatic N) is 1. The van der Waals surface area contributed by atoms with Crippen LogP contribution >= 0.6 is 15.9 Å².